The van der Waals surface area contributed by atoms with Crippen LogP contribution in [0.2, 0.25) is 0 Å². The number of aromatic nitrogens is 1. The monoisotopic (exact) mass is 396 g/mol. The lowest BCUT2D eigenvalue weighted by atomic mass is 10.0. The van der Waals surface area contributed by atoms with Crippen LogP contribution in [0.1, 0.15) is 22.4 Å². The zero-order chi connectivity index (χ0) is 17.4. The number of aryl methyl sites for hydroxylation is 1. The molecule has 0 aliphatic heterocycles. The second kappa shape index (κ2) is 6.68. The Morgan fingerprint density at radius 3 is 2.88 bits per heavy atom. The Morgan fingerprint density at radius 1 is 1.20 bits per heavy atom. The maximum Gasteiger partial charge on any atom is 0.223 e. The van der Waals surface area contributed by atoms with Crippen molar-refractivity contribution in [2.75, 3.05) is 6.54 Å². The molecular formula is C21H21BrN2O. The van der Waals surface area contributed by atoms with E-state index >= 15 is 0 Å². The first-order valence-electron chi connectivity index (χ1n) is 8.73. The van der Waals surface area contributed by atoms with E-state index in [4.69, 9.17) is 0 Å². The number of H-pyrrole nitrogens is 1. The van der Waals surface area contributed by atoms with Gasteiger partial charge in [-0.2, -0.15) is 0 Å². The van der Waals surface area contributed by atoms with Gasteiger partial charge in [-0.1, -0.05) is 40.2 Å². The first-order chi connectivity index (χ1) is 12.1. The Hall–Kier alpha value is -2.07. The highest BCUT2D eigenvalue weighted by molar-refractivity contribution is 9.10. The number of benzene rings is 2. The van der Waals surface area contributed by atoms with Crippen molar-refractivity contribution < 1.29 is 4.79 Å². The van der Waals surface area contributed by atoms with Crippen LogP contribution in [-0.2, 0) is 24.1 Å². The zero-order valence-corrected chi connectivity index (χ0v) is 15.8. The van der Waals surface area contributed by atoms with E-state index in [9.17, 15) is 4.79 Å². The summed E-state index contributed by atoms with van der Waals surface area (Å²) in [7, 11) is 0. The standard InChI is InChI=1S/C21H21BrN2O/c1-13-18(19-4-2-3-5-20(19)24-13)8-9-23-21(25)16-10-14-6-7-17(22)12-15(14)11-16/h2-7,12,16,24H,8-11H2,1H3,(H,23,25). The number of carbonyl (C=O) groups is 1. The summed E-state index contributed by atoms with van der Waals surface area (Å²) in [6.07, 6.45) is 2.54. The first-order valence-corrected chi connectivity index (χ1v) is 9.52. The molecule has 1 amide bonds. The van der Waals surface area contributed by atoms with Crippen molar-refractivity contribution in [1.29, 1.82) is 0 Å². The van der Waals surface area contributed by atoms with Crippen molar-refractivity contribution in [3.8, 4) is 0 Å². The van der Waals surface area contributed by atoms with Crippen LogP contribution in [0.3, 0.4) is 0 Å². The average molecular weight is 397 g/mol. The molecule has 0 spiro atoms. The lowest BCUT2D eigenvalue weighted by Gasteiger charge is -2.10. The third-order valence-electron chi connectivity index (χ3n) is 5.17. The Bertz CT molecular complexity index is 944. The number of aromatic amines is 1. The average Bonchev–Trinajstić information content (AvgIpc) is 3.15. The van der Waals surface area contributed by atoms with Crippen molar-refractivity contribution in [1.82, 2.24) is 10.3 Å². The maximum absolute atomic E-state index is 12.5. The van der Waals surface area contributed by atoms with Gasteiger partial charge in [0.2, 0.25) is 5.91 Å². The van der Waals surface area contributed by atoms with E-state index in [1.54, 1.807) is 0 Å². The number of rotatable bonds is 4. The fourth-order valence-electron chi connectivity index (χ4n) is 3.88. The molecule has 128 valence electrons. The third kappa shape index (κ3) is 3.23. The minimum atomic E-state index is 0.0633. The third-order valence-corrected chi connectivity index (χ3v) is 5.67. The molecule has 0 saturated carbocycles. The minimum absolute atomic E-state index is 0.0633. The molecule has 1 aliphatic carbocycles. The summed E-state index contributed by atoms with van der Waals surface area (Å²) in [6.45, 7) is 2.78. The molecule has 25 heavy (non-hydrogen) atoms. The number of hydrogen-bond acceptors (Lipinski definition) is 1. The highest BCUT2D eigenvalue weighted by Crippen LogP contribution is 2.29. The normalized spacial score (nSPS) is 16.2. The zero-order valence-electron chi connectivity index (χ0n) is 14.2. The van der Waals surface area contributed by atoms with Gasteiger partial charge in [-0.05, 0) is 61.1 Å². The van der Waals surface area contributed by atoms with Crippen LogP contribution in [0.5, 0.6) is 0 Å². The van der Waals surface area contributed by atoms with Crippen LogP contribution in [0.4, 0.5) is 0 Å². The molecule has 3 aromatic rings. The number of nitrogens with one attached hydrogen (secondary N) is 2. The first kappa shape index (κ1) is 16.4. The summed E-state index contributed by atoms with van der Waals surface area (Å²) in [5, 5.41) is 4.40. The molecule has 3 nitrogen and oxygen atoms in total. The summed E-state index contributed by atoms with van der Waals surface area (Å²) in [5.74, 6) is 0.234. The molecule has 0 saturated heterocycles. The molecular weight excluding hydrogens is 376 g/mol. The van der Waals surface area contributed by atoms with Gasteiger partial charge < -0.3 is 10.3 Å². The van der Waals surface area contributed by atoms with E-state index in [1.807, 2.05) is 6.07 Å². The fraction of sp³-hybridized carbons (Fsp3) is 0.286. The molecule has 4 heteroatoms. The van der Waals surface area contributed by atoms with Gasteiger partial charge in [0, 0.05) is 33.5 Å². The molecule has 2 N–H and O–H groups in total. The topological polar surface area (TPSA) is 44.9 Å². The number of para-hydroxylation sites is 1. The Morgan fingerprint density at radius 2 is 2.00 bits per heavy atom. The lowest BCUT2D eigenvalue weighted by Crippen LogP contribution is -2.32. The van der Waals surface area contributed by atoms with Gasteiger partial charge in [-0.3, -0.25) is 4.79 Å². The summed E-state index contributed by atoms with van der Waals surface area (Å²) < 4.78 is 1.09. The predicted octanol–water partition coefficient (Wildman–Crippen LogP) is 4.31. The number of hydrogen-bond donors (Lipinski definition) is 2. The molecule has 2 aromatic carbocycles. The lowest BCUT2D eigenvalue weighted by molar-refractivity contribution is -0.124. The summed E-state index contributed by atoms with van der Waals surface area (Å²) in [5.41, 5.74) is 6.25. The predicted molar refractivity (Wildman–Crippen MR) is 105 cm³/mol. The molecule has 1 unspecified atom stereocenters. The van der Waals surface area contributed by atoms with Gasteiger partial charge in [0.05, 0.1) is 0 Å². The smallest absolute Gasteiger partial charge is 0.223 e. The fourth-order valence-corrected chi connectivity index (χ4v) is 4.29. The Balaban J connectivity index is 1.37. The van der Waals surface area contributed by atoms with Gasteiger partial charge in [0.15, 0.2) is 0 Å². The summed E-state index contributed by atoms with van der Waals surface area (Å²) >= 11 is 3.51. The molecule has 1 aliphatic rings. The molecule has 1 heterocycles. The van der Waals surface area contributed by atoms with Crippen molar-refractivity contribution in [2.45, 2.75) is 26.2 Å². The molecule has 0 fully saturated rings. The highest BCUT2D eigenvalue weighted by Gasteiger charge is 2.27. The molecule has 1 aromatic heterocycles. The van der Waals surface area contributed by atoms with E-state index in [2.05, 4.69) is 69.6 Å². The largest absolute Gasteiger partial charge is 0.358 e. The van der Waals surface area contributed by atoms with E-state index in [0.717, 1.165) is 29.3 Å². The van der Waals surface area contributed by atoms with Crippen LogP contribution in [0, 0.1) is 12.8 Å². The van der Waals surface area contributed by atoms with E-state index in [-0.39, 0.29) is 11.8 Å². The number of carbonyl (C=O) groups excluding carboxylic acids is 1. The van der Waals surface area contributed by atoms with Gasteiger partial charge in [0.25, 0.3) is 0 Å². The Labute approximate surface area is 156 Å². The molecule has 1 atom stereocenters. The molecule has 0 radical (unpaired) electrons. The Kier molecular flexibility index (Phi) is 4.38. The maximum atomic E-state index is 12.5. The van der Waals surface area contributed by atoms with E-state index < -0.39 is 0 Å². The van der Waals surface area contributed by atoms with Crippen molar-refractivity contribution in [3.05, 3.63) is 69.3 Å². The number of halogens is 1. The number of amides is 1. The van der Waals surface area contributed by atoms with Crippen LogP contribution < -0.4 is 5.32 Å². The second-order valence-corrected chi connectivity index (χ2v) is 7.75. The SMILES string of the molecule is Cc1[nH]c2ccccc2c1CCNC(=O)C1Cc2ccc(Br)cc2C1. The molecule has 0 bridgehead atoms. The van der Waals surface area contributed by atoms with Gasteiger partial charge in [-0.15, -0.1) is 0 Å². The van der Waals surface area contributed by atoms with Crippen molar-refractivity contribution in [2.24, 2.45) is 5.92 Å². The minimum Gasteiger partial charge on any atom is -0.358 e. The van der Waals surface area contributed by atoms with E-state index in [0.29, 0.717) is 6.54 Å². The van der Waals surface area contributed by atoms with Gasteiger partial charge in [0.1, 0.15) is 0 Å². The van der Waals surface area contributed by atoms with E-state index in [1.165, 1.54) is 27.8 Å². The summed E-state index contributed by atoms with van der Waals surface area (Å²) in [4.78, 5) is 16.0. The second-order valence-electron chi connectivity index (χ2n) is 6.83. The highest BCUT2D eigenvalue weighted by atomic mass is 79.9. The van der Waals surface area contributed by atoms with Crippen LogP contribution in [0.15, 0.2) is 46.9 Å². The van der Waals surface area contributed by atoms with Gasteiger partial charge >= 0.3 is 0 Å². The van der Waals surface area contributed by atoms with Crippen molar-refractivity contribution in [3.63, 3.8) is 0 Å². The quantitative estimate of drug-likeness (QED) is 0.677. The van der Waals surface area contributed by atoms with Crippen molar-refractivity contribution >= 4 is 32.7 Å². The van der Waals surface area contributed by atoms with Gasteiger partial charge in [-0.25, -0.2) is 0 Å². The van der Waals surface area contributed by atoms with Crippen LogP contribution in [0.25, 0.3) is 10.9 Å². The van der Waals surface area contributed by atoms with Crippen LogP contribution in [-0.4, -0.2) is 17.4 Å². The van der Waals surface area contributed by atoms with Crippen LogP contribution >= 0.6 is 15.9 Å². The molecule has 4 rings (SSSR count). The summed E-state index contributed by atoms with van der Waals surface area (Å²) in [6, 6.07) is 14.7. The number of fused-ring (bicyclic) bond motifs is 2.